The molecule has 1 N–H and O–H groups in total. The number of fused-ring (bicyclic) bond motifs is 2. The minimum Gasteiger partial charge on any atom is -0.503 e. The van der Waals surface area contributed by atoms with Gasteiger partial charge in [0.15, 0.2) is 38.7 Å². The molecule has 0 saturated heterocycles. The number of anilines is 1. The van der Waals surface area contributed by atoms with Crippen molar-refractivity contribution >= 4 is 61.7 Å². The standard InChI is InChI=1S/C38H33N3O7S2/c1-4-5-18-47-27-17-16-23(19-29(27)46-3)32-31(33(42)30-20-24-12-9-15-28(45-2)35(24)48-30)34(43)36(44)41(32)37-39-40-38(50-37)49-21-25-13-8-11-22-10-6-7-14-26(22)25/h6-17,19-20,32,43H,4-5,18,21H2,1-3H3. The molecule has 0 bridgehead atoms. The van der Waals surface area contributed by atoms with E-state index < -0.39 is 23.5 Å². The molecule has 0 fully saturated rings. The molecule has 4 aromatic carbocycles. The molecule has 1 aliphatic heterocycles. The monoisotopic (exact) mass is 707 g/mol. The number of hydrogen-bond donors (Lipinski definition) is 1. The number of para-hydroxylation sites is 1. The average Bonchev–Trinajstić information content (AvgIpc) is 3.87. The number of rotatable bonds is 13. The quantitative estimate of drug-likeness (QED) is 0.0539. The molecular weight excluding hydrogens is 675 g/mol. The van der Waals surface area contributed by atoms with E-state index in [9.17, 15) is 14.7 Å². The third-order valence-electron chi connectivity index (χ3n) is 8.50. The van der Waals surface area contributed by atoms with Crippen LogP contribution in [-0.2, 0) is 10.5 Å². The fourth-order valence-electron chi connectivity index (χ4n) is 6.01. The topological polar surface area (TPSA) is 124 Å². The molecule has 50 heavy (non-hydrogen) atoms. The number of furan rings is 1. The van der Waals surface area contributed by atoms with Crippen molar-refractivity contribution in [1.82, 2.24) is 10.2 Å². The van der Waals surface area contributed by atoms with Crippen LogP contribution in [0.25, 0.3) is 21.7 Å². The first-order valence-electron chi connectivity index (χ1n) is 16.0. The second-order valence-corrected chi connectivity index (χ2v) is 13.7. The van der Waals surface area contributed by atoms with Gasteiger partial charge in [0.05, 0.1) is 32.4 Å². The number of hydrogen-bond acceptors (Lipinski definition) is 11. The molecule has 3 heterocycles. The number of aliphatic hydroxyl groups excluding tert-OH is 1. The maximum Gasteiger partial charge on any atom is 0.296 e. The Kier molecular flexibility index (Phi) is 9.46. The molecule has 12 heteroatoms. The van der Waals surface area contributed by atoms with Crippen molar-refractivity contribution in [2.75, 3.05) is 25.7 Å². The van der Waals surface area contributed by atoms with Gasteiger partial charge < -0.3 is 23.7 Å². The van der Waals surface area contributed by atoms with Gasteiger partial charge in [-0.2, -0.15) is 0 Å². The van der Waals surface area contributed by atoms with Crippen molar-refractivity contribution in [2.45, 2.75) is 35.9 Å². The number of methoxy groups -OCH3 is 2. The number of Topliss-reactive ketones (excluding diaryl/α,β-unsaturated/α-hetero) is 1. The fraction of sp³-hybridized carbons (Fsp3) is 0.211. The fourth-order valence-corrected chi connectivity index (χ4v) is 7.88. The lowest BCUT2D eigenvalue weighted by Crippen LogP contribution is -2.31. The highest BCUT2D eigenvalue weighted by atomic mass is 32.2. The average molecular weight is 708 g/mol. The third-order valence-corrected chi connectivity index (χ3v) is 10.6. The van der Waals surface area contributed by atoms with Crippen LogP contribution >= 0.6 is 23.1 Å². The van der Waals surface area contributed by atoms with E-state index in [1.165, 1.54) is 42.2 Å². The van der Waals surface area contributed by atoms with Gasteiger partial charge in [0, 0.05) is 11.1 Å². The van der Waals surface area contributed by atoms with Crippen LogP contribution in [0.4, 0.5) is 5.13 Å². The van der Waals surface area contributed by atoms with Crippen LogP contribution in [0.15, 0.2) is 105 Å². The van der Waals surface area contributed by atoms with E-state index in [1.54, 1.807) is 42.5 Å². The first-order chi connectivity index (χ1) is 24.4. The molecule has 0 aliphatic carbocycles. The summed E-state index contributed by atoms with van der Waals surface area (Å²) in [7, 11) is 3.03. The van der Waals surface area contributed by atoms with Crippen molar-refractivity contribution < 1.29 is 33.3 Å². The van der Waals surface area contributed by atoms with Crippen LogP contribution in [0.3, 0.4) is 0 Å². The van der Waals surface area contributed by atoms with Gasteiger partial charge in [0.2, 0.25) is 10.9 Å². The maximum atomic E-state index is 14.3. The van der Waals surface area contributed by atoms with Crippen molar-refractivity contribution in [3.05, 3.63) is 113 Å². The van der Waals surface area contributed by atoms with Gasteiger partial charge in [-0.25, -0.2) is 0 Å². The van der Waals surface area contributed by atoms with E-state index >= 15 is 0 Å². The highest BCUT2D eigenvalue weighted by molar-refractivity contribution is 8.00. The van der Waals surface area contributed by atoms with E-state index in [-0.39, 0.29) is 16.5 Å². The van der Waals surface area contributed by atoms with E-state index in [4.69, 9.17) is 18.6 Å². The molecule has 1 unspecified atom stereocenters. The Morgan fingerprint density at radius 2 is 1.72 bits per heavy atom. The van der Waals surface area contributed by atoms with Gasteiger partial charge in [-0.05, 0) is 52.6 Å². The summed E-state index contributed by atoms with van der Waals surface area (Å²) in [4.78, 5) is 29.5. The minimum absolute atomic E-state index is 0.0548. The predicted octanol–water partition coefficient (Wildman–Crippen LogP) is 8.71. The molecule has 0 saturated carbocycles. The van der Waals surface area contributed by atoms with E-state index in [2.05, 4.69) is 41.4 Å². The van der Waals surface area contributed by atoms with Crippen molar-refractivity contribution in [3.63, 3.8) is 0 Å². The Bertz CT molecular complexity index is 2250. The Morgan fingerprint density at radius 1 is 0.940 bits per heavy atom. The molecule has 7 rings (SSSR count). The predicted molar refractivity (Wildman–Crippen MR) is 194 cm³/mol. The largest absolute Gasteiger partial charge is 0.503 e. The van der Waals surface area contributed by atoms with E-state index in [1.807, 2.05) is 18.2 Å². The number of nitrogens with zero attached hydrogens (tertiary/aromatic N) is 3. The van der Waals surface area contributed by atoms with E-state index in [0.29, 0.717) is 50.5 Å². The first-order valence-corrected chi connectivity index (χ1v) is 17.8. The molecule has 1 amide bonds. The molecular formula is C38H33N3O7S2. The molecule has 0 spiro atoms. The number of benzene rings is 4. The van der Waals surface area contributed by atoms with Gasteiger partial charge >= 0.3 is 0 Å². The number of unbranched alkanes of at least 4 members (excludes halogenated alkanes) is 1. The number of ether oxygens (including phenoxy) is 3. The Labute approximate surface area is 296 Å². The normalized spacial score (nSPS) is 14.6. The summed E-state index contributed by atoms with van der Waals surface area (Å²) in [5.74, 6) is -0.167. The zero-order valence-electron chi connectivity index (χ0n) is 27.5. The molecule has 254 valence electrons. The highest BCUT2D eigenvalue weighted by Crippen LogP contribution is 2.46. The second-order valence-electron chi connectivity index (χ2n) is 11.5. The first kappa shape index (κ1) is 33.2. The van der Waals surface area contributed by atoms with Gasteiger partial charge in [-0.3, -0.25) is 14.5 Å². The summed E-state index contributed by atoms with van der Waals surface area (Å²) in [6.45, 7) is 2.58. The zero-order chi connectivity index (χ0) is 34.8. The summed E-state index contributed by atoms with van der Waals surface area (Å²) >= 11 is 2.70. The summed E-state index contributed by atoms with van der Waals surface area (Å²) in [5, 5.41) is 23.3. The lowest BCUT2D eigenvalue weighted by atomic mass is 9.95. The maximum absolute atomic E-state index is 14.3. The summed E-state index contributed by atoms with van der Waals surface area (Å²) < 4.78 is 23.6. The molecule has 1 atom stereocenters. The van der Waals surface area contributed by atoms with Crippen LogP contribution in [0, 0.1) is 0 Å². The van der Waals surface area contributed by atoms with Gasteiger partial charge in [0.25, 0.3) is 5.91 Å². The SMILES string of the molecule is CCCCOc1ccc(C2C(C(=O)c3cc4cccc(OC)c4o3)=C(O)C(=O)N2c2nnc(SCc3cccc4ccccc34)s2)cc1OC. The molecule has 6 aromatic rings. The Balaban J connectivity index is 1.26. The third kappa shape index (κ3) is 6.16. The molecule has 10 nitrogen and oxygen atoms in total. The van der Waals surface area contributed by atoms with Crippen LogP contribution in [0.2, 0.25) is 0 Å². The Hall–Kier alpha value is -5.33. The number of ketones is 1. The number of thioether (sulfide) groups is 1. The summed E-state index contributed by atoms with van der Waals surface area (Å²) in [5.41, 5.74) is 1.86. The Morgan fingerprint density at radius 3 is 2.54 bits per heavy atom. The number of carbonyl (C=O) groups excluding carboxylic acids is 2. The van der Waals surface area contributed by atoms with Crippen LogP contribution in [0.1, 0.15) is 47.5 Å². The molecule has 0 radical (unpaired) electrons. The van der Waals surface area contributed by atoms with Crippen LogP contribution < -0.4 is 19.1 Å². The van der Waals surface area contributed by atoms with E-state index in [0.717, 1.165) is 29.2 Å². The second kappa shape index (κ2) is 14.3. The van der Waals surface area contributed by atoms with Crippen LogP contribution in [0.5, 0.6) is 17.2 Å². The number of amides is 1. The van der Waals surface area contributed by atoms with Crippen molar-refractivity contribution in [3.8, 4) is 17.2 Å². The van der Waals surface area contributed by atoms with Gasteiger partial charge in [0.1, 0.15) is 0 Å². The molecule has 2 aromatic heterocycles. The lowest BCUT2D eigenvalue weighted by Gasteiger charge is -2.24. The molecule has 1 aliphatic rings. The number of aliphatic hydroxyl groups is 1. The number of carbonyl (C=O) groups is 2. The van der Waals surface area contributed by atoms with Crippen molar-refractivity contribution in [2.24, 2.45) is 0 Å². The smallest absolute Gasteiger partial charge is 0.296 e. The van der Waals surface area contributed by atoms with Crippen molar-refractivity contribution in [1.29, 1.82) is 0 Å². The van der Waals surface area contributed by atoms with Gasteiger partial charge in [-0.1, -0.05) is 97.1 Å². The number of aromatic nitrogens is 2. The minimum atomic E-state index is -1.08. The van der Waals surface area contributed by atoms with Crippen LogP contribution in [-0.4, -0.2) is 47.8 Å². The summed E-state index contributed by atoms with van der Waals surface area (Å²) in [6, 6.07) is 25.3. The zero-order valence-corrected chi connectivity index (χ0v) is 29.2. The lowest BCUT2D eigenvalue weighted by molar-refractivity contribution is -0.117. The van der Waals surface area contributed by atoms with Gasteiger partial charge in [-0.15, -0.1) is 10.2 Å². The summed E-state index contributed by atoms with van der Waals surface area (Å²) in [6.07, 6.45) is 1.83. The highest BCUT2D eigenvalue weighted by Gasteiger charge is 2.47.